The highest BCUT2D eigenvalue weighted by atomic mass is 32.1. The standard InChI is InChI=1S/C8H10N2O2S/c1-3-8(10(11)12)4-7-5-13-6(2)9-7/h4-5H,3H2,1-2H3/b8-4-. The lowest BCUT2D eigenvalue weighted by Gasteiger charge is -1.90. The molecule has 0 aliphatic rings. The third-order valence-electron chi connectivity index (χ3n) is 1.55. The quantitative estimate of drug-likeness (QED) is 0.553. The molecule has 1 rings (SSSR count). The minimum Gasteiger partial charge on any atom is -0.259 e. The van der Waals surface area contributed by atoms with Crippen molar-refractivity contribution in [1.82, 2.24) is 4.98 Å². The number of nitro groups is 1. The number of allylic oxidation sites excluding steroid dienone is 1. The average Bonchev–Trinajstić information content (AvgIpc) is 2.46. The Morgan fingerprint density at radius 2 is 2.54 bits per heavy atom. The lowest BCUT2D eigenvalue weighted by molar-refractivity contribution is -0.425. The van der Waals surface area contributed by atoms with E-state index in [9.17, 15) is 10.1 Å². The molecule has 5 heteroatoms. The fourth-order valence-corrected chi connectivity index (χ4v) is 1.47. The molecule has 13 heavy (non-hydrogen) atoms. The van der Waals surface area contributed by atoms with E-state index in [1.807, 2.05) is 12.3 Å². The van der Waals surface area contributed by atoms with Crippen LogP contribution in [0.5, 0.6) is 0 Å². The van der Waals surface area contributed by atoms with E-state index < -0.39 is 0 Å². The summed E-state index contributed by atoms with van der Waals surface area (Å²) in [4.78, 5) is 14.2. The molecule has 0 fully saturated rings. The number of aryl methyl sites for hydroxylation is 1. The number of hydrogen-bond acceptors (Lipinski definition) is 4. The van der Waals surface area contributed by atoms with E-state index in [1.165, 1.54) is 17.4 Å². The van der Waals surface area contributed by atoms with Crippen molar-refractivity contribution in [2.45, 2.75) is 20.3 Å². The van der Waals surface area contributed by atoms with E-state index in [4.69, 9.17) is 0 Å². The topological polar surface area (TPSA) is 56.0 Å². The molecule has 1 aromatic heterocycles. The molecular weight excluding hydrogens is 188 g/mol. The van der Waals surface area contributed by atoms with Crippen molar-refractivity contribution >= 4 is 17.4 Å². The summed E-state index contributed by atoms with van der Waals surface area (Å²) in [5, 5.41) is 13.2. The van der Waals surface area contributed by atoms with Gasteiger partial charge in [-0.1, -0.05) is 6.92 Å². The Labute approximate surface area is 80.1 Å². The van der Waals surface area contributed by atoms with Gasteiger partial charge in [-0.05, 0) is 6.92 Å². The van der Waals surface area contributed by atoms with Gasteiger partial charge < -0.3 is 0 Å². The van der Waals surface area contributed by atoms with Crippen LogP contribution in [0.4, 0.5) is 0 Å². The maximum absolute atomic E-state index is 10.5. The summed E-state index contributed by atoms with van der Waals surface area (Å²) in [6, 6.07) is 0. The minimum atomic E-state index is -0.366. The molecule has 0 unspecified atom stereocenters. The predicted octanol–water partition coefficient (Wildman–Crippen LogP) is 2.48. The minimum absolute atomic E-state index is 0.199. The summed E-state index contributed by atoms with van der Waals surface area (Å²) in [6.07, 6.45) is 1.94. The number of rotatable bonds is 3. The summed E-state index contributed by atoms with van der Waals surface area (Å²) in [5.74, 6) is 0. The van der Waals surface area contributed by atoms with E-state index in [-0.39, 0.29) is 10.6 Å². The van der Waals surface area contributed by atoms with Crippen molar-refractivity contribution < 1.29 is 4.92 Å². The lowest BCUT2D eigenvalue weighted by atomic mass is 10.3. The van der Waals surface area contributed by atoms with Crippen LogP contribution in [0.25, 0.3) is 6.08 Å². The van der Waals surface area contributed by atoms with Crippen LogP contribution in [0.2, 0.25) is 0 Å². The molecule has 0 radical (unpaired) electrons. The summed E-state index contributed by atoms with van der Waals surface area (Å²) < 4.78 is 0. The fourth-order valence-electron chi connectivity index (χ4n) is 0.901. The zero-order chi connectivity index (χ0) is 9.84. The highest BCUT2D eigenvalue weighted by Crippen LogP contribution is 2.13. The second-order valence-corrected chi connectivity index (χ2v) is 3.60. The SMILES string of the molecule is CC/C(=C/c1csc(C)n1)[N+](=O)[O-]. The first kappa shape index (κ1) is 9.85. The number of aromatic nitrogens is 1. The molecule has 0 amide bonds. The van der Waals surface area contributed by atoms with Gasteiger partial charge in [0.1, 0.15) is 0 Å². The molecule has 1 heterocycles. The fraction of sp³-hybridized carbons (Fsp3) is 0.375. The highest BCUT2D eigenvalue weighted by molar-refractivity contribution is 7.09. The molecule has 0 saturated carbocycles. The van der Waals surface area contributed by atoms with Crippen molar-refractivity contribution in [3.8, 4) is 0 Å². The molecule has 0 spiro atoms. The van der Waals surface area contributed by atoms with Crippen LogP contribution in [0.3, 0.4) is 0 Å². The Morgan fingerprint density at radius 3 is 2.92 bits per heavy atom. The van der Waals surface area contributed by atoms with Gasteiger partial charge in [0.15, 0.2) is 0 Å². The zero-order valence-electron chi connectivity index (χ0n) is 7.48. The first-order chi connectivity index (χ1) is 6.13. The van der Waals surface area contributed by atoms with Gasteiger partial charge >= 0.3 is 0 Å². The van der Waals surface area contributed by atoms with Gasteiger partial charge in [0.2, 0.25) is 5.70 Å². The van der Waals surface area contributed by atoms with Crippen molar-refractivity contribution in [2.75, 3.05) is 0 Å². The van der Waals surface area contributed by atoms with Crippen LogP contribution < -0.4 is 0 Å². The second-order valence-electron chi connectivity index (χ2n) is 2.54. The summed E-state index contributed by atoms with van der Waals surface area (Å²) in [5.41, 5.74) is 0.876. The van der Waals surface area contributed by atoms with Crippen molar-refractivity contribution in [3.63, 3.8) is 0 Å². The van der Waals surface area contributed by atoms with Crippen LogP contribution in [0.15, 0.2) is 11.1 Å². The van der Waals surface area contributed by atoms with Crippen LogP contribution >= 0.6 is 11.3 Å². The predicted molar refractivity (Wildman–Crippen MR) is 52.1 cm³/mol. The second kappa shape index (κ2) is 4.13. The Kier molecular flexibility index (Phi) is 3.13. The van der Waals surface area contributed by atoms with Crippen LogP contribution in [-0.4, -0.2) is 9.91 Å². The van der Waals surface area contributed by atoms with Gasteiger partial charge in [0, 0.05) is 17.9 Å². The smallest absolute Gasteiger partial charge is 0.248 e. The first-order valence-corrected chi connectivity index (χ1v) is 4.78. The van der Waals surface area contributed by atoms with Crippen molar-refractivity contribution in [2.24, 2.45) is 0 Å². The van der Waals surface area contributed by atoms with Crippen molar-refractivity contribution in [1.29, 1.82) is 0 Å². The molecular formula is C8H10N2O2S. The van der Waals surface area contributed by atoms with E-state index in [0.29, 0.717) is 12.1 Å². The van der Waals surface area contributed by atoms with Crippen LogP contribution in [0, 0.1) is 17.0 Å². The van der Waals surface area contributed by atoms with Crippen molar-refractivity contribution in [3.05, 3.63) is 31.9 Å². The molecule has 0 aliphatic carbocycles. The first-order valence-electron chi connectivity index (χ1n) is 3.90. The number of nitrogens with zero attached hydrogens (tertiary/aromatic N) is 2. The lowest BCUT2D eigenvalue weighted by Crippen LogP contribution is -1.96. The maximum atomic E-state index is 10.5. The van der Waals surface area contributed by atoms with E-state index in [2.05, 4.69) is 4.98 Å². The normalized spacial score (nSPS) is 11.7. The Morgan fingerprint density at radius 1 is 1.85 bits per heavy atom. The molecule has 0 N–H and O–H groups in total. The largest absolute Gasteiger partial charge is 0.259 e. The van der Waals surface area contributed by atoms with E-state index in [1.54, 1.807) is 6.92 Å². The van der Waals surface area contributed by atoms with Gasteiger partial charge in [-0.25, -0.2) is 4.98 Å². The van der Waals surface area contributed by atoms with Crippen LogP contribution in [-0.2, 0) is 0 Å². The summed E-state index contributed by atoms with van der Waals surface area (Å²) in [6.45, 7) is 3.63. The number of hydrogen-bond donors (Lipinski definition) is 0. The van der Waals surface area contributed by atoms with Crippen LogP contribution in [0.1, 0.15) is 24.0 Å². The third-order valence-corrected chi connectivity index (χ3v) is 2.34. The zero-order valence-corrected chi connectivity index (χ0v) is 8.30. The molecule has 70 valence electrons. The molecule has 0 saturated heterocycles. The van der Waals surface area contributed by atoms with E-state index in [0.717, 1.165) is 5.01 Å². The molecule has 0 aromatic carbocycles. The Bertz CT molecular complexity index is 344. The van der Waals surface area contributed by atoms with Gasteiger partial charge in [0.05, 0.1) is 15.6 Å². The van der Waals surface area contributed by atoms with Gasteiger partial charge in [-0.2, -0.15) is 0 Å². The average molecular weight is 198 g/mol. The van der Waals surface area contributed by atoms with E-state index >= 15 is 0 Å². The highest BCUT2D eigenvalue weighted by Gasteiger charge is 2.07. The maximum Gasteiger partial charge on any atom is 0.248 e. The molecule has 0 atom stereocenters. The molecule has 1 aromatic rings. The molecule has 0 aliphatic heterocycles. The number of thiazole rings is 1. The van der Waals surface area contributed by atoms with Gasteiger partial charge in [-0.3, -0.25) is 10.1 Å². The summed E-state index contributed by atoms with van der Waals surface area (Å²) >= 11 is 1.49. The Balaban J connectivity index is 2.91. The molecule has 4 nitrogen and oxygen atoms in total. The molecule has 0 bridgehead atoms. The Hall–Kier alpha value is -1.23. The van der Waals surface area contributed by atoms with Gasteiger partial charge in [-0.15, -0.1) is 11.3 Å². The third kappa shape index (κ3) is 2.62. The summed E-state index contributed by atoms with van der Waals surface area (Å²) in [7, 11) is 0. The van der Waals surface area contributed by atoms with Gasteiger partial charge in [0.25, 0.3) is 0 Å². The monoisotopic (exact) mass is 198 g/mol.